The van der Waals surface area contributed by atoms with Crippen LogP contribution in [0.25, 0.3) is 0 Å². The van der Waals surface area contributed by atoms with Crippen LogP contribution in [-0.4, -0.2) is 56.8 Å². The average Bonchev–Trinajstić information content (AvgIpc) is 2.97. The van der Waals surface area contributed by atoms with Gasteiger partial charge < -0.3 is 19.7 Å². The molecular weight excluding hydrogens is 276 g/mol. The number of carbonyl (C=O) groups excluding carboxylic acids is 1. The van der Waals surface area contributed by atoms with E-state index in [2.05, 4.69) is 16.8 Å². The molecule has 1 aliphatic rings. The first-order valence-electron chi connectivity index (χ1n) is 6.85. The molecule has 2 rings (SSSR count). The minimum absolute atomic E-state index is 0.00655. The highest BCUT2D eigenvalue weighted by Gasteiger charge is 2.29. The average molecular weight is 298 g/mol. The molecule has 20 heavy (non-hydrogen) atoms. The fourth-order valence-corrected chi connectivity index (χ4v) is 2.98. The van der Waals surface area contributed by atoms with Gasteiger partial charge in [-0.25, -0.2) is 0 Å². The van der Waals surface area contributed by atoms with Gasteiger partial charge in [-0.15, -0.1) is 0 Å². The Morgan fingerprint density at radius 1 is 1.60 bits per heavy atom. The van der Waals surface area contributed by atoms with Crippen molar-refractivity contribution in [3.8, 4) is 0 Å². The van der Waals surface area contributed by atoms with Gasteiger partial charge in [0, 0.05) is 20.2 Å². The number of nitrogens with zero attached hydrogens (tertiary/aromatic N) is 1. The predicted molar refractivity (Wildman–Crippen MR) is 78.9 cm³/mol. The molecule has 2 atom stereocenters. The van der Waals surface area contributed by atoms with Crippen LogP contribution in [0.1, 0.15) is 18.6 Å². The van der Waals surface area contributed by atoms with Crippen molar-refractivity contribution in [2.24, 2.45) is 0 Å². The van der Waals surface area contributed by atoms with Crippen LogP contribution in [0.5, 0.6) is 0 Å². The van der Waals surface area contributed by atoms with Gasteiger partial charge in [-0.1, -0.05) is 0 Å². The smallest absolute Gasteiger partial charge is 0.236 e. The van der Waals surface area contributed by atoms with Gasteiger partial charge >= 0.3 is 0 Å². The SMILES string of the molecule is COCCNCC(=O)N1CC(C)OC(c2ccsc2)C1. The van der Waals surface area contributed by atoms with Crippen molar-refractivity contribution in [2.45, 2.75) is 19.1 Å². The number of hydrogen-bond donors (Lipinski definition) is 1. The second kappa shape index (κ2) is 7.73. The predicted octanol–water partition coefficient (Wildman–Crippen LogP) is 1.27. The van der Waals surface area contributed by atoms with Crippen LogP contribution in [0.15, 0.2) is 16.8 Å². The zero-order valence-electron chi connectivity index (χ0n) is 12.0. The van der Waals surface area contributed by atoms with Crippen LogP contribution in [0.4, 0.5) is 0 Å². The normalized spacial score (nSPS) is 23.0. The summed E-state index contributed by atoms with van der Waals surface area (Å²) in [5.41, 5.74) is 1.16. The Kier molecular flexibility index (Phi) is 5.97. The third-order valence-electron chi connectivity index (χ3n) is 3.29. The molecule has 1 fully saturated rings. The molecule has 6 heteroatoms. The maximum absolute atomic E-state index is 12.2. The van der Waals surface area contributed by atoms with E-state index in [4.69, 9.17) is 9.47 Å². The lowest BCUT2D eigenvalue weighted by Crippen LogP contribution is -2.48. The molecule has 1 aliphatic heterocycles. The summed E-state index contributed by atoms with van der Waals surface area (Å²) >= 11 is 1.65. The molecule has 0 saturated carbocycles. The van der Waals surface area contributed by atoms with E-state index in [0.29, 0.717) is 32.8 Å². The Bertz CT molecular complexity index is 411. The molecule has 0 aromatic carbocycles. The molecule has 0 bridgehead atoms. The third kappa shape index (κ3) is 4.28. The van der Waals surface area contributed by atoms with Crippen LogP contribution < -0.4 is 5.32 Å². The van der Waals surface area contributed by atoms with Crippen molar-refractivity contribution in [1.82, 2.24) is 10.2 Å². The van der Waals surface area contributed by atoms with Crippen LogP contribution in [0.3, 0.4) is 0 Å². The van der Waals surface area contributed by atoms with E-state index >= 15 is 0 Å². The Morgan fingerprint density at radius 2 is 2.45 bits per heavy atom. The molecule has 5 nitrogen and oxygen atoms in total. The summed E-state index contributed by atoms with van der Waals surface area (Å²) in [5, 5.41) is 7.22. The van der Waals surface area contributed by atoms with Crippen LogP contribution in [0.2, 0.25) is 0 Å². The standard InChI is InChI=1S/C14H22N2O3S/c1-11-8-16(14(17)7-15-4-5-18-2)9-13(19-11)12-3-6-20-10-12/h3,6,10-11,13,15H,4-5,7-9H2,1-2H3. The van der Waals surface area contributed by atoms with Crippen LogP contribution >= 0.6 is 11.3 Å². The lowest BCUT2D eigenvalue weighted by molar-refractivity contribution is -0.143. The van der Waals surface area contributed by atoms with Crippen molar-refractivity contribution in [2.75, 3.05) is 39.9 Å². The second-order valence-corrected chi connectivity index (χ2v) is 5.74. The molecular formula is C14H22N2O3S. The summed E-state index contributed by atoms with van der Waals surface area (Å²) in [4.78, 5) is 14.1. The topological polar surface area (TPSA) is 50.8 Å². The number of thiophene rings is 1. The molecule has 1 aromatic rings. The van der Waals surface area contributed by atoms with Crippen LogP contribution in [0, 0.1) is 0 Å². The number of amides is 1. The third-order valence-corrected chi connectivity index (χ3v) is 3.99. The van der Waals surface area contributed by atoms with Gasteiger partial charge in [0.2, 0.25) is 5.91 Å². The van der Waals surface area contributed by atoms with Crippen molar-refractivity contribution in [3.63, 3.8) is 0 Å². The monoisotopic (exact) mass is 298 g/mol. The van der Waals surface area contributed by atoms with Crippen molar-refractivity contribution in [1.29, 1.82) is 0 Å². The molecule has 0 radical (unpaired) electrons. The van der Waals surface area contributed by atoms with Gasteiger partial charge in [-0.05, 0) is 29.3 Å². The first kappa shape index (κ1) is 15.4. The van der Waals surface area contributed by atoms with Gasteiger partial charge in [-0.3, -0.25) is 4.79 Å². The molecule has 0 spiro atoms. The van der Waals surface area contributed by atoms with E-state index in [-0.39, 0.29) is 18.1 Å². The van der Waals surface area contributed by atoms with E-state index in [1.807, 2.05) is 17.2 Å². The largest absolute Gasteiger partial charge is 0.383 e. The molecule has 1 N–H and O–H groups in total. The first-order chi connectivity index (χ1) is 9.70. The fraction of sp³-hybridized carbons (Fsp3) is 0.643. The van der Waals surface area contributed by atoms with E-state index in [0.717, 1.165) is 5.56 Å². The van der Waals surface area contributed by atoms with Gasteiger partial charge in [0.1, 0.15) is 6.10 Å². The van der Waals surface area contributed by atoms with Crippen molar-refractivity contribution < 1.29 is 14.3 Å². The Balaban J connectivity index is 1.86. The fourth-order valence-electron chi connectivity index (χ4n) is 2.28. The minimum Gasteiger partial charge on any atom is -0.383 e. The highest BCUT2D eigenvalue weighted by molar-refractivity contribution is 7.07. The Labute approximate surface area is 123 Å². The van der Waals surface area contributed by atoms with E-state index < -0.39 is 0 Å². The quantitative estimate of drug-likeness (QED) is 0.804. The highest BCUT2D eigenvalue weighted by Crippen LogP contribution is 2.26. The molecule has 112 valence electrons. The highest BCUT2D eigenvalue weighted by atomic mass is 32.1. The molecule has 1 amide bonds. The molecule has 0 aliphatic carbocycles. The first-order valence-corrected chi connectivity index (χ1v) is 7.80. The van der Waals surface area contributed by atoms with Gasteiger partial charge in [0.15, 0.2) is 0 Å². The molecule has 1 aromatic heterocycles. The lowest BCUT2D eigenvalue weighted by Gasteiger charge is -2.36. The maximum Gasteiger partial charge on any atom is 0.236 e. The number of nitrogens with one attached hydrogen (secondary N) is 1. The number of rotatable bonds is 6. The zero-order chi connectivity index (χ0) is 14.4. The molecule has 1 saturated heterocycles. The molecule has 2 unspecified atom stereocenters. The number of hydrogen-bond acceptors (Lipinski definition) is 5. The van der Waals surface area contributed by atoms with Gasteiger partial charge in [0.05, 0.1) is 25.8 Å². The summed E-state index contributed by atoms with van der Waals surface area (Å²) in [7, 11) is 1.65. The number of carbonyl (C=O) groups is 1. The number of morpholine rings is 1. The second-order valence-electron chi connectivity index (χ2n) is 4.96. The summed E-state index contributed by atoms with van der Waals surface area (Å²) < 4.78 is 10.9. The van der Waals surface area contributed by atoms with Gasteiger partial charge in [0.25, 0.3) is 0 Å². The van der Waals surface area contributed by atoms with E-state index in [1.54, 1.807) is 18.4 Å². The Morgan fingerprint density at radius 3 is 3.15 bits per heavy atom. The van der Waals surface area contributed by atoms with E-state index in [9.17, 15) is 4.79 Å². The Hall–Kier alpha value is -0.950. The van der Waals surface area contributed by atoms with Crippen LogP contribution in [-0.2, 0) is 14.3 Å². The molecule has 2 heterocycles. The summed E-state index contributed by atoms with van der Waals surface area (Å²) in [6, 6.07) is 2.06. The number of ether oxygens (including phenoxy) is 2. The number of methoxy groups -OCH3 is 1. The minimum atomic E-state index is -0.00655. The summed E-state index contributed by atoms with van der Waals surface area (Å²) in [5.74, 6) is 0.122. The van der Waals surface area contributed by atoms with Crippen molar-refractivity contribution >= 4 is 17.2 Å². The van der Waals surface area contributed by atoms with Gasteiger partial charge in [-0.2, -0.15) is 11.3 Å². The summed E-state index contributed by atoms with van der Waals surface area (Å²) in [6.45, 7) is 4.96. The maximum atomic E-state index is 12.2. The zero-order valence-corrected chi connectivity index (χ0v) is 12.8. The van der Waals surface area contributed by atoms with E-state index in [1.165, 1.54) is 0 Å². The summed E-state index contributed by atoms with van der Waals surface area (Å²) in [6.07, 6.45) is 0.0597. The lowest BCUT2D eigenvalue weighted by atomic mass is 10.1. The van der Waals surface area contributed by atoms with Crippen molar-refractivity contribution in [3.05, 3.63) is 22.4 Å².